The number of hydrogen-bond acceptors (Lipinski definition) is 3. The van der Waals surface area contributed by atoms with E-state index in [9.17, 15) is 9.90 Å². The SMILES string of the molecule is Cl.O=C1Nc2ccc(Cl)cc2C(c2ccccc2Cl)=NC1O. The highest BCUT2D eigenvalue weighted by molar-refractivity contribution is 6.36. The van der Waals surface area contributed by atoms with E-state index < -0.39 is 12.1 Å². The van der Waals surface area contributed by atoms with Gasteiger partial charge in [0, 0.05) is 21.2 Å². The van der Waals surface area contributed by atoms with Crippen molar-refractivity contribution in [2.24, 2.45) is 4.99 Å². The summed E-state index contributed by atoms with van der Waals surface area (Å²) in [4.78, 5) is 15.9. The van der Waals surface area contributed by atoms with Crippen molar-refractivity contribution in [1.29, 1.82) is 0 Å². The van der Waals surface area contributed by atoms with Gasteiger partial charge < -0.3 is 10.4 Å². The first-order valence-electron chi connectivity index (χ1n) is 6.18. The molecule has 1 aliphatic rings. The van der Waals surface area contributed by atoms with Crippen molar-refractivity contribution >= 4 is 52.9 Å². The van der Waals surface area contributed by atoms with Crippen molar-refractivity contribution in [2.75, 3.05) is 5.32 Å². The zero-order chi connectivity index (χ0) is 15.0. The predicted octanol–water partition coefficient (Wildman–Crippen LogP) is 3.52. The van der Waals surface area contributed by atoms with Crippen molar-refractivity contribution in [3.63, 3.8) is 0 Å². The third-order valence-electron chi connectivity index (χ3n) is 3.11. The van der Waals surface area contributed by atoms with Gasteiger partial charge in [0.2, 0.25) is 6.23 Å². The van der Waals surface area contributed by atoms with E-state index in [1.807, 2.05) is 0 Å². The average Bonchev–Trinajstić information content (AvgIpc) is 2.58. The summed E-state index contributed by atoms with van der Waals surface area (Å²) in [6, 6.07) is 12.1. The van der Waals surface area contributed by atoms with Crippen LogP contribution in [-0.4, -0.2) is 23.0 Å². The number of halogens is 3. The third kappa shape index (κ3) is 3.10. The maximum Gasteiger partial charge on any atom is 0.276 e. The number of aliphatic hydroxyl groups excluding tert-OH is 1. The molecule has 2 N–H and O–H groups in total. The Morgan fingerprint density at radius 1 is 1.09 bits per heavy atom. The molecular formula is C15H11Cl3N2O2. The second-order valence-electron chi connectivity index (χ2n) is 4.51. The van der Waals surface area contributed by atoms with Crippen molar-refractivity contribution in [3.8, 4) is 0 Å². The van der Waals surface area contributed by atoms with E-state index in [2.05, 4.69) is 10.3 Å². The number of anilines is 1. The highest BCUT2D eigenvalue weighted by atomic mass is 35.5. The summed E-state index contributed by atoms with van der Waals surface area (Å²) in [7, 11) is 0. The van der Waals surface area contributed by atoms with Gasteiger partial charge in [0.1, 0.15) is 0 Å². The molecule has 7 heteroatoms. The summed E-state index contributed by atoms with van der Waals surface area (Å²) in [5.74, 6) is -0.597. The van der Waals surface area contributed by atoms with Gasteiger partial charge in [-0.15, -0.1) is 12.4 Å². The molecule has 0 saturated carbocycles. The van der Waals surface area contributed by atoms with E-state index in [-0.39, 0.29) is 12.4 Å². The number of fused-ring (bicyclic) bond motifs is 1. The Balaban J connectivity index is 0.00000176. The van der Waals surface area contributed by atoms with Crippen molar-refractivity contribution in [3.05, 3.63) is 63.6 Å². The largest absolute Gasteiger partial charge is 0.364 e. The number of nitrogens with zero attached hydrogens (tertiary/aromatic N) is 1. The topological polar surface area (TPSA) is 61.7 Å². The van der Waals surface area contributed by atoms with Gasteiger partial charge in [0.25, 0.3) is 5.91 Å². The quantitative estimate of drug-likeness (QED) is 0.820. The standard InChI is InChI=1S/C15H10Cl2N2O2.ClH/c16-8-5-6-12-10(7-8)13(19-15(21)14(20)18-12)9-3-1-2-4-11(9)17;/h1-7,15,21H,(H,18,20);1H. The van der Waals surface area contributed by atoms with Crippen LogP contribution in [0.4, 0.5) is 5.69 Å². The van der Waals surface area contributed by atoms with Gasteiger partial charge in [0.05, 0.1) is 11.4 Å². The number of hydrogen-bond donors (Lipinski definition) is 2. The summed E-state index contributed by atoms with van der Waals surface area (Å²) in [5.41, 5.74) is 2.18. The first-order valence-corrected chi connectivity index (χ1v) is 6.93. The molecule has 0 aromatic heterocycles. The molecule has 4 nitrogen and oxygen atoms in total. The first-order chi connectivity index (χ1) is 10.1. The van der Waals surface area contributed by atoms with Crippen LogP contribution < -0.4 is 5.32 Å². The second-order valence-corrected chi connectivity index (χ2v) is 5.35. The van der Waals surface area contributed by atoms with Crippen LogP contribution in [0.15, 0.2) is 47.5 Å². The number of aliphatic imine (C=N–C) groups is 1. The summed E-state index contributed by atoms with van der Waals surface area (Å²) >= 11 is 12.2. The van der Waals surface area contributed by atoms with E-state index in [0.717, 1.165) is 0 Å². The van der Waals surface area contributed by atoms with Gasteiger partial charge in [-0.05, 0) is 24.3 Å². The molecule has 0 fully saturated rings. The number of amides is 1. The molecule has 0 aliphatic carbocycles. The van der Waals surface area contributed by atoms with Gasteiger partial charge in [-0.2, -0.15) is 0 Å². The molecule has 0 bridgehead atoms. The predicted molar refractivity (Wildman–Crippen MR) is 90.4 cm³/mol. The lowest BCUT2D eigenvalue weighted by Gasteiger charge is -2.11. The molecule has 3 rings (SSSR count). The summed E-state index contributed by atoms with van der Waals surface area (Å²) < 4.78 is 0. The Labute approximate surface area is 143 Å². The molecule has 2 aromatic rings. The van der Waals surface area contributed by atoms with Crippen LogP contribution in [0.25, 0.3) is 0 Å². The van der Waals surface area contributed by atoms with Gasteiger partial charge in [-0.1, -0.05) is 41.4 Å². The van der Waals surface area contributed by atoms with Crippen LogP contribution in [0.1, 0.15) is 11.1 Å². The molecule has 0 saturated heterocycles. The molecule has 1 unspecified atom stereocenters. The van der Waals surface area contributed by atoms with Gasteiger partial charge in [-0.3, -0.25) is 4.79 Å². The number of aliphatic hydroxyl groups is 1. The minimum atomic E-state index is -1.50. The molecule has 0 radical (unpaired) electrons. The minimum Gasteiger partial charge on any atom is -0.364 e. The Morgan fingerprint density at radius 3 is 2.55 bits per heavy atom. The van der Waals surface area contributed by atoms with Crippen molar-refractivity contribution in [2.45, 2.75) is 6.23 Å². The third-order valence-corrected chi connectivity index (χ3v) is 3.67. The van der Waals surface area contributed by atoms with Gasteiger partial charge >= 0.3 is 0 Å². The lowest BCUT2D eigenvalue weighted by molar-refractivity contribution is -0.123. The van der Waals surface area contributed by atoms with Gasteiger partial charge in [0.15, 0.2) is 0 Å². The number of benzene rings is 2. The molecule has 114 valence electrons. The minimum absolute atomic E-state index is 0. The summed E-state index contributed by atoms with van der Waals surface area (Å²) in [5, 5.41) is 13.4. The van der Waals surface area contributed by atoms with Crippen LogP contribution in [0, 0.1) is 0 Å². The smallest absolute Gasteiger partial charge is 0.276 e. The maximum atomic E-state index is 11.8. The van der Waals surface area contributed by atoms with E-state index >= 15 is 0 Å². The lowest BCUT2D eigenvalue weighted by Crippen LogP contribution is -2.24. The lowest BCUT2D eigenvalue weighted by atomic mass is 10.0. The van der Waals surface area contributed by atoms with E-state index in [0.29, 0.717) is 32.6 Å². The molecule has 2 aromatic carbocycles. The Kier molecular flexibility index (Phi) is 5.08. The Hall–Kier alpha value is -1.59. The molecule has 1 aliphatic heterocycles. The number of rotatable bonds is 1. The highest BCUT2D eigenvalue weighted by Gasteiger charge is 2.25. The molecule has 0 spiro atoms. The molecule has 1 atom stereocenters. The normalized spacial score (nSPS) is 16.8. The number of nitrogens with one attached hydrogen (secondary N) is 1. The fourth-order valence-electron chi connectivity index (χ4n) is 2.14. The second kappa shape index (κ2) is 6.67. The summed E-state index contributed by atoms with van der Waals surface area (Å²) in [6.45, 7) is 0. The Bertz CT molecular complexity index is 762. The summed E-state index contributed by atoms with van der Waals surface area (Å²) in [6.07, 6.45) is -1.50. The monoisotopic (exact) mass is 356 g/mol. The van der Waals surface area contributed by atoms with Crippen LogP contribution in [-0.2, 0) is 4.79 Å². The fourth-order valence-corrected chi connectivity index (χ4v) is 2.53. The number of benzodiazepines with no additional fused rings is 1. The van der Waals surface area contributed by atoms with Crippen LogP contribution in [0.5, 0.6) is 0 Å². The van der Waals surface area contributed by atoms with Crippen LogP contribution in [0.3, 0.4) is 0 Å². The van der Waals surface area contributed by atoms with Gasteiger partial charge in [-0.25, -0.2) is 4.99 Å². The van der Waals surface area contributed by atoms with E-state index in [4.69, 9.17) is 23.2 Å². The fraction of sp³-hybridized carbons (Fsp3) is 0.0667. The van der Waals surface area contributed by atoms with E-state index in [1.54, 1.807) is 42.5 Å². The van der Waals surface area contributed by atoms with E-state index in [1.165, 1.54) is 0 Å². The average molecular weight is 358 g/mol. The van der Waals surface area contributed by atoms with Crippen molar-refractivity contribution < 1.29 is 9.90 Å². The van der Waals surface area contributed by atoms with Crippen molar-refractivity contribution in [1.82, 2.24) is 0 Å². The molecule has 22 heavy (non-hydrogen) atoms. The number of carbonyl (C=O) groups excluding carboxylic acids is 1. The zero-order valence-corrected chi connectivity index (χ0v) is 13.4. The zero-order valence-electron chi connectivity index (χ0n) is 11.1. The first kappa shape index (κ1) is 16.8. The Morgan fingerprint density at radius 2 is 1.82 bits per heavy atom. The molecule has 1 heterocycles. The highest BCUT2D eigenvalue weighted by Crippen LogP contribution is 2.29. The van der Waals surface area contributed by atoms with Crippen LogP contribution in [0.2, 0.25) is 10.0 Å². The number of carbonyl (C=O) groups is 1. The molecule has 1 amide bonds. The molecular weight excluding hydrogens is 347 g/mol. The van der Waals surface area contributed by atoms with Crippen LogP contribution >= 0.6 is 35.6 Å². The maximum absolute atomic E-state index is 11.8.